The van der Waals surface area contributed by atoms with E-state index >= 15 is 0 Å². The molecule has 5 nitrogen and oxygen atoms in total. The van der Waals surface area contributed by atoms with Gasteiger partial charge in [-0.25, -0.2) is 4.98 Å². The molecule has 0 saturated carbocycles. The van der Waals surface area contributed by atoms with Crippen LogP contribution >= 0.6 is 22.9 Å². The number of nitrogens with zero attached hydrogens (tertiary/aromatic N) is 4. The van der Waals surface area contributed by atoms with Crippen LogP contribution in [0.15, 0.2) is 54.2 Å². The molecule has 0 unspecified atom stereocenters. The number of carbonyl (C=O) groups excluding carboxylic acids is 1. The van der Waals surface area contributed by atoms with Crippen LogP contribution in [0.25, 0.3) is 10.6 Å². The van der Waals surface area contributed by atoms with E-state index in [0.29, 0.717) is 11.4 Å². The number of piperazine rings is 1. The van der Waals surface area contributed by atoms with Crippen LogP contribution in [0.1, 0.15) is 11.3 Å². The van der Waals surface area contributed by atoms with Crippen LogP contribution in [-0.2, 0) is 17.8 Å². The third-order valence-corrected chi connectivity index (χ3v) is 6.10. The van der Waals surface area contributed by atoms with Crippen LogP contribution in [0.2, 0.25) is 5.02 Å². The SMILES string of the molecule is O=C(Cc1csc(-c2ccccc2Cl)n1)N1CCN(Cc2cccnc2)CC1. The van der Waals surface area contributed by atoms with Crippen LogP contribution < -0.4 is 0 Å². The van der Waals surface area contributed by atoms with Gasteiger partial charge in [0.2, 0.25) is 5.91 Å². The zero-order valence-corrected chi connectivity index (χ0v) is 17.0. The summed E-state index contributed by atoms with van der Waals surface area (Å²) in [4.78, 5) is 25.8. The lowest BCUT2D eigenvalue weighted by atomic mass is 10.2. The molecule has 28 heavy (non-hydrogen) atoms. The monoisotopic (exact) mass is 412 g/mol. The Labute approximate surface area is 173 Å². The predicted octanol–water partition coefficient (Wildman–Crippen LogP) is 3.75. The average Bonchev–Trinajstić information content (AvgIpc) is 3.18. The van der Waals surface area contributed by atoms with Crippen LogP contribution in [0.4, 0.5) is 0 Å². The Morgan fingerprint density at radius 1 is 1.11 bits per heavy atom. The Kier molecular flexibility index (Phi) is 6.00. The summed E-state index contributed by atoms with van der Waals surface area (Å²) in [6, 6.07) is 11.7. The number of hydrogen-bond donors (Lipinski definition) is 0. The Balaban J connectivity index is 1.31. The second kappa shape index (κ2) is 8.82. The van der Waals surface area contributed by atoms with E-state index in [1.165, 1.54) is 16.9 Å². The number of hydrogen-bond acceptors (Lipinski definition) is 5. The van der Waals surface area contributed by atoms with E-state index in [0.717, 1.165) is 49.0 Å². The molecule has 1 aliphatic rings. The van der Waals surface area contributed by atoms with Gasteiger partial charge < -0.3 is 4.90 Å². The Morgan fingerprint density at radius 2 is 1.93 bits per heavy atom. The molecule has 4 rings (SSSR count). The first-order valence-corrected chi connectivity index (χ1v) is 10.5. The molecule has 1 fully saturated rings. The fraction of sp³-hybridized carbons (Fsp3) is 0.286. The molecule has 0 bridgehead atoms. The summed E-state index contributed by atoms with van der Waals surface area (Å²) in [7, 11) is 0. The van der Waals surface area contributed by atoms with Gasteiger partial charge in [0.1, 0.15) is 5.01 Å². The van der Waals surface area contributed by atoms with Crippen molar-refractivity contribution < 1.29 is 4.79 Å². The molecule has 1 amide bonds. The number of carbonyl (C=O) groups is 1. The van der Waals surface area contributed by atoms with Gasteiger partial charge in [-0.3, -0.25) is 14.7 Å². The molecule has 1 saturated heterocycles. The zero-order chi connectivity index (χ0) is 19.3. The topological polar surface area (TPSA) is 49.3 Å². The highest BCUT2D eigenvalue weighted by atomic mass is 35.5. The van der Waals surface area contributed by atoms with Gasteiger partial charge in [-0.05, 0) is 17.7 Å². The van der Waals surface area contributed by atoms with Crippen molar-refractivity contribution in [1.29, 1.82) is 0 Å². The third-order valence-electron chi connectivity index (χ3n) is 4.84. The lowest BCUT2D eigenvalue weighted by Gasteiger charge is -2.34. The van der Waals surface area contributed by atoms with Crippen molar-refractivity contribution in [1.82, 2.24) is 19.8 Å². The van der Waals surface area contributed by atoms with Crippen LogP contribution in [0.5, 0.6) is 0 Å². The third kappa shape index (κ3) is 4.58. The first kappa shape index (κ1) is 19.1. The Hall–Kier alpha value is -2.28. The standard InChI is InChI=1S/C21H21ClN4OS/c22-19-6-2-1-5-18(19)21-24-17(15-28-21)12-20(27)26-10-8-25(9-11-26)14-16-4-3-7-23-13-16/h1-7,13,15H,8-12,14H2. The Bertz CT molecular complexity index is 938. The molecule has 0 atom stereocenters. The maximum atomic E-state index is 12.7. The number of halogens is 1. The number of benzene rings is 1. The summed E-state index contributed by atoms with van der Waals surface area (Å²) in [5, 5.41) is 3.49. The molecular formula is C21H21ClN4OS. The smallest absolute Gasteiger partial charge is 0.228 e. The van der Waals surface area contributed by atoms with Gasteiger partial charge in [0.25, 0.3) is 0 Å². The molecule has 7 heteroatoms. The highest BCUT2D eigenvalue weighted by molar-refractivity contribution is 7.13. The summed E-state index contributed by atoms with van der Waals surface area (Å²) < 4.78 is 0. The van der Waals surface area contributed by atoms with Gasteiger partial charge in [-0.2, -0.15) is 0 Å². The van der Waals surface area contributed by atoms with Crippen molar-refractivity contribution in [3.8, 4) is 10.6 Å². The summed E-state index contributed by atoms with van der Waals surface area (Å²) in [5.74, 6) is 0.136. The minimum atomic E-state index is 0.136. The second-order valence-electron chi connectivity index (χ2n) is 6.82. The molecule has 1 aliphatic heterocycles. The molecule has 3 aromatic rings. The molecule has 0 aliphatic carbocycles. The molecule has 2 aromatic heterocycles. The van der Waals surface area contributed by atoms with E-state index in [1.807, 2.05) is 46.8 Å². The second-order valence-corrected chi connectivity index (χ2v) is 8.08. The highest BCUT2D eigenvalue weighted by Gasteiger charge is 2.22. The molecule has 0 radical (unpaired) electrons. The highest BCUT2D eigenvalue weighted by Crippen LogP contribution is 2.30. The maximum Gasteiger partial charge on any atom is 0.228 e. The van der Waals surface area contributed by atoms with E-state index in [9.17, 15) is 4.79 Å². The van der Waals surface area contributed by atoms with E-state index in [4.69, 9.17) is 11.6 Å². The quantitative estimate of drug-likeness (QED) is 0.640. The van der Waals surface area contributed by atoms with Crippen molar-refractivity contribution in [2.24, 2.45) is 0 Å². The van der Waals surface area contributed by atoms with E-state index < -0.39 is 0 Å². The number of rotatable bonds is 5. The normalized spacial score (nSPS) is 15.0. The molecule has 3 heterocycles. The van der Waals surface area contributed by atoms with Gasteiger partial charge in [0.05, 0.1) is 17.1 Å². The number of pyridine rings is 1. The van der Waals surface area contributed by atoms with Crippen molar-refractivity contribution in [3.05, 3.63) is 70.5 Å². The average molecular weight is 413 g/mol. The largest absolute Gasteiger partial charge is 0.340 e. The summed E-state index contributed by atoms with van der Waals surface area (Å²) in [5.41, 5.74) is 2.93. The fourth-order valence-electron chi connectivity index (χ4n) is 3.32. The predicted molar refractivity (Wildman–Crippen MR) is 112 cm³/mol. The lowest BCUT2D eigenvalue weighted by Crippen LogP contribution is -2.48. The summed E-state index contributed by atoms with van der Waals surface area (Å²) >= 11 is 7.78. The minimum Gasteiger partial charge on any atom is -0.340 e. The first-order chi connectivity index (χ1) is 13.7. The van der Waals surface area contributed by atoms with Crippen molar-refractivity contribution >= 4 is 28.8 Å². The molecule has 144 valence electrons. The summed E-state index contributed by atoms with van der Waals surface area (Å²) in [6.45, 7) is 4.13. The maximum absolute atomic E-state index is 12.7. The minimum absolute atomic E-state index is 0.136. The van der Waals surface area contributed by atoms with Crippen LogP contribution in [0, 0.1) is 0 Å². The first-order valence-electron chi connectivity index (χ1n) is 9.27. The molecule has 1 aromatic carbocycles. The van der Waals surface area contributed by atoms with Gasteiger partial charge in [-0.1, -0.05) is 35.9 Å². The van der Waals surface area contributed by atoms with E-state index in [-0.39, 0.29) is 5.91 Å². The number of thiazole rings is 1. The van der Waals surface area contributed by atoms with Gasteiger partial charge in [0.15, 0.2) is 0 Å². The van der Waals surface area contributed by atoms with Gasteiger partial charge in [-0.15, -0.1) is 11.3 Å². The van der Waals surface area contributed by atoms with Gasteiger partial charge in [0, 0.05) is 56.1 Å². The lowest BCUT2D eigenvalue weighted by molar-refractivity contribution is -0.132. The Morgan fingerprint density at radius 3 is 2.68 bits per heavy atom. The van der Waals surface area contributed by atoms with Crippen molar-refractivity contribution in [3.63, 3.8) is 0 Å². The van der Waals surface area contributed by atoms with E-state index in [1.54, 1.807) is 6.20 Å². The van der Waals surface area contributed by atoms with Crippen LogP contribution in [-0.4, -0.2) is 51.9 Å². The molecule has 0 spiro atoms. The van der Waals surface area contributed by atoms with Crippen LogP contribution in [0.3, 0.4) is 0 Å². The number of aromatic nitrogens is 2. The van der Waals surface area contributed by atoms with E-state index in [2.05, 4.69) is 20.9 Å². The van der Waals surface area contributed by atoms with Crippen molar-refractivity contribution in [2.45, 2.75) is 13.0 Å². The molecule has 0 N–H and O–H groups in total. The fourth-order valence-corrected chi connectivity index (χ4v) is 4.46. The zero-order valence-electron chi connectivity index (χ0n) is 15.4. The summed E-state index contributed by atoms with van der Waals surface area (Å²) in [6.07, 6.45) is 4.02. The number of amides is 1. The van der Waals surface area contributed by atoms with Crippen molar-refractivity contribution in [2.75, 3.05) is 26.2 Å². The molecular weight excluding hydrogens is 392 g/mol. The van der Waals surface area contributed by atoms with Gasteiger partial charge >= 0.3 is 0 Å².